The number of hydrogen-bond donors (Lipinski definition) is 1. The second-order valence-electron chi connectivity index (χ2n) is 7.37. The molecular weight excluding hydrogens is 362 g/mol. The van der Waals surface area contributed by atoms with Gasteiger partial charge < -0.3 is 9.64 Å². The Morgan fingerprint density at radius 2 is 1.96 bits per heavy atom. The summed E-state index contributed by atoms with van der Waals surface area (Å²) in [5, 5.41) is 3.46. The summed E-state index contributed by atoms with van der Waals surface area (Å²) in [6.45, 7) is 2.05. The fraction of sp³-hybridized carbons (Fsp3) is 0.526. The highest BCUT2D eigenvalue weighted by Crippen LogP contribution is 2.31. The van der Waals surface area contributed by atoms with E-state index in [-0.39, 0.29) is 18.7 Å². The SMILES string of the molecule is COC(=O)CN1C(=O)C2C(NC3N(Cc4ccccc4)CCCN23)N(C)C1=O. The lowest BCUT2D eigenvalue weighted by Crippen LogP contribution is -2.66. The maximum Gasteiger partial charge on any atom is 0.328 e. The molecule has 0 aliphatic carbocycles. The minimum atomic E-state index is -0.611. The largest absolute Gasteiger partial charge is 0.468 e. The molecule has 0 bridgehead atoms. The number of carbonyl (C=O) groups excluding carboxylic acids is 3. The number of likely N-dealkylation sites (N-methyl/N-ethyl adjacent to an activating group) is 1. The summed E-state index contributed by atoms with van der Waals surface area (Å²) in [4.78, 5) is 44.3. The first kappa shape index (κ1) is 18.9. The Morgan fingerprint density at radius 1 is 1.21 bits per heavy atom. The number of esters is 1. The van der Waals surface area contributed by atoms with E-state index in [4.69, 9.17) is 0 Å². The molecule has 0 saturated carbocycles. The molecule has 0 spiro atoms. The quantitative estimate of drug-likeness (QED) is 0.719. The lowest BCUT2D eigenvalue weighted by Gasteiger charge is -2.43. The van der Waals surface area contributed by atoms with Crippen molar-refractivity contribution in [3.8, 4) is 0 Å². The third-order valence-corrected chi connectivity index (χ3v) is 5.71. The Bertz CT molecular complexity index is 773. The molecule has 3 heterocycles. The normalized spacial score (nSPS) is 28.3. The van der Waals surface area contributed by atoms with Crippen LogP contribution >= 0.6 is 0 Å². The number of nitrogens with one attached hydrogen (secondary N) is 1. The number of urea groups is 1. The van der Waals surface area contributed by atoms with Gasteiger partial charge in [-0.15, -0.1) is 0 Å². The second kappa shape index (κ2) is 7.50. The molecule has 3 amide bonds. The van der Waals surface area contributed by atoms with E-state index in [9.17, 15) is 14.4 Å². The lowest BCUT2D eigenvalue weighted by atomic mass is 10.1. The van der Waals surface area contributed by atoms with Gasteiger partial charge in [-0.2, -0.15) is 0 Å². The Hall–Kier alpha value is -2.49. The zero-order valence-electron chi connectivity index (χ0n) is 16.1. The predicted octanol–water partition coefficient (Wildman–Crippen LogP) is -0.157. The third kappa shape index (κ3) is 3.15. The van der Waals surface area contributed by atoms with Gasteiger partial charge in [-0.1, -0.05) is 30.3 Å². The molecule has 4 rings (SSSR count). The zero-order valence-corrected chi connectivity index (χ0v) is 16.1. The number of carbonyl (C=O) groups is 3. The van der Waals surface area contributed by atoms with Gasteiger partial charge in [0.05, 0.1) is 7.11 Å². The summed E-state index contributed by atoms with van der Waals surface area (Å²) >= 11 is 0. The van der Waals surface area contributed by atoms with Crippen LogP contribution in [-0.2, 0) is 20.9 Å². The van der Waals surface area contributed by atoms with E-state index in [1.807, 2.05) is 18.2 Å². The van der Waals surface area contributed by atoms with Crippen LogP contribution < -0.4 is 5.32 Å². The minimum Gasteiger partial charge on any atom is -0.468 e. The van der Waals surface area contributed by atoms with Crippen LogP contribution in [0.15, 0.2) is 30.3 Å². The van der Waals surface area contributed by atoms with Gasteiger partial charge in [0, 0.05) is 26.7 Å². The molecule has 9 heteroatoms. The van der Waals surface area contributed by atoms with E-state index >= 15 is 0 Å². The molecule has 0 radical (unpaired) electrons. The van der Waals surface area contributed by atoms with Crippen LogP contribution in [0.4, 0.5) is 4.79 Å². The minimum absolute atomic E-state index is 0.138. The smallest absolute Gasteiger partial charge is 0.328 e. The number of fused-ring (bicyclic) bond motifs is 3. The Labute approximate surface area is 163 Å². The van der Waals surface area contributed by atoms with Crippen LogP contribution in [0.5, 0.6) is 0 Å². The van der Waals surface area contributed by atoms with E-state index in [0.717, 1.165) is 31.0 Å². The van der Waals surface area contributed by atoms with E-state index < -0.39 is 24.2 Å². The molecule has 0 aromatic heterocycles. The number of nitrogens with zero attached hydrogens (tertiary/aromatic N) is 4. The van der Waals surface area contributed by atoms with Gasteiger partial charge >= 0.3 is 12.0 Å². The monoisotopic (exact) mass is 387 g/mol. The summed E-state index contributed by atoms with van der Waals surface area (Å²) in [6, 6.07) is 9.18. The standard InChI is InChI=1S/C19H25N5O4/c1-21-16-15(17(26)24(19(21)27)12-14(25)28-2)23-10-6-9-22(18(23)20-16)11-13-7-4-3-5-8-13/h3-5,7-8,15-16,18,20H,6,9-12H2,1-2H3. The molecule has 3 aliphatic rings. The number of imide groups is 1. The highest BCUT2D eigenvalue weighted by molar-refractivity contribution is 6.02. The first-order chi connectivity index (χ1) is 13.5. The molecule has 3 fully saturated rings. The zero-order chi connectivity index (χ0) is 19.8. The fourth-order valence-corrected chi connectivity index (χ4v) is 4.31. The Morgan fingerprint density at radius 3 is 2.68 bits per heavy atom. The summed E-state index contributed by atoms with van der Waals surface area (Å²) in [5.41, 5.74) is 1.20. The number of amides is 3. The van der Waals surface area contributed by atoms with E-state index in [1.54, 1.807) is 7.05 Å². The van der Waals surface area contributed by atoms with Crippen LogP contribution in [0.3, 0.4) is 0 Å². The van der Waals surface area contributed by atoms with Gasteiger partial charge in [0.2, 0.25) is 0 Å². The van der Waals surface area contributed by atoms with Crippen molar-refractivity contribution in [2.45, 2.75) is 31.5 Å². The van der Waals surface area contributed by atoms with Crippen molar-refractivity contribution < 1.29 is 19.1 Å². The molecule has 28 heavy (non-hydrogen) atoms. The summed E-state index contributed by atoms with van der Waals surface area (Å²) in [5.74, 6) is -0.963. The fourth-order valence-electron chi connectivity index (χ4n) is 4.31. The van der Waals surface area contributed by atoms with Crippen LogP contribution in [-0.4, -0.2) is 89.8 Å². The van der Waals surface area contributed by atoms with Gasteiger partial charge in [-0.3, -0.25) is 29.6 Å². The highest BCUT2D eigenvalue weighted by atomic mass is 16.5. The first-order valence-corrected chi connectivity index (χ1v) is 9.46. The first-order valence-electron chi connectivity index (χ1n) is 9.46. The van der Waals surface area contributed by atoms with Gasteiger partial charge in [0.25, 0.3) is 5.91 Å². The molecule has 3 aliphatic heterocycles. The van der Waals surface area contributed by atoms with Crippen molar-refractivity contribution in [2.75, 3.05) is 33.8 Å². The van der Waals surface area contributed by atoms with Crippen molar-refractivity contribution in [1.82, 2.24) is 24.9 Å². The Balaban J connectivity index is 1.57. The van der Waals surface area contributed by atoms with Gasteiger partial charge in [-0.25, -0.2) is 4.79 Å². The van der Waals surface area contributed by atoms with E-state index in [0.29, 0.717) is 0 Å². The van der Waals surface area contributed by atoms with Gasteiger partial charge in [0.15, 0.2) is 0 Å². The molecule has 9 nitrogen and oxygen atoms in total. The molecule has 1 N–H and O–H groups in total. The molecule has 150 valence electrons. The summed E-state index contributed by atoms with van der Waals surface area (Å²) in [6.07, 6.45) is 0.368. The topological polar surface area (TPSA) is 85.4 Å². The summed E-state index contributed by atoms with van der Waals surface area (Å²) < 4.78 is 4.65. The van der Waals surface area contributed by atoms with Gasteiger partial charge in [0.1, 0.15) is 25.0 Å². The number of methoxy groups -OCH3 is 1. The number of hydrogen-bond acceptors (Lipinski definition) is 7. The Kier molecular flexibility index (Phi) is 5.05. The van der Waals surface area contributed by atoms with E-state index in [2.05, 4.69) is 32.0 Å². The number of rotatable bonds is 4. The van der Waals surface area contributed by atoms with E-state index in [1.165, 1.54) is 17.6 Å². The third-order valence-electron chi connectivity index (χ3n) is 5.71. The van der Waals surface area contributed by atoms with Crippen molar-refractivity contribution >= 4 is 17.9 Å². The molecule has 3 atom stereocenters. The molecular formula is C19H25N5O4. The number of benzene rings is 1. The van der Waals surface area contributed by atoms with Crippen molar-refractivity contribution in [3.05, 3.63) is 35.9 Å². The number of ether oxygens (including phenoxy) is 1. The van der Waals surface area contributed by atoms with Crippen LogP contribution in [0, 0.1) is 0 Å². The van der Waals surface area contributed by atoms with Crippen molar-refractivity contribution in [1.29, 1.82) is 0 Å². The molecule has 3 saturated heterocycles. The lowest BCUT2D eigenvalue weighted by molar-refractivity contribution is -0.150. The molecule has 1 aromatic carbocycles. The molecule has 3 unspecified atom stereocenters. The second-order valence-corrected chi connectivity index (χ2v) is 7.37. The van der Waals surface area contributed by atoms with Crippen LogP contribution in [0.25, 0.3) is 0 Å². The van der Waals surface area contributed by atoms with Crippen LogP contribution in [0.2, 0.25) is 0 Å². The average Bonchev–Trinajstić information content (AvgIpc) is 3.11. The van der Waals surface area contributed by atoms with Crippen molar-refractivity contribution in [3.63, 3.8) is 0 Å². The maximum atomic E-state index is 13.1. The summed E-state index contributed by atoms with van der Waals surface area (Å²) in [7, 11) is 2.90. The van der Waals surface area contributed by atoms with Gasteiger partial charge in [-0.05, 0) is 12.0 Å². The van der Waals surface area contributed by atoms with Crippen molar-refractivity contribution in [2.24, 2.45) is 0 Å². The highest BCUT2D eigenvalue weighted by Gasteiger charge is 2.56. The predicted molar refractivity (Wildman–Crippen MR) is 99.6 cm³/mol. The molecule has 1 aromatic rings. The maximum absolute atomic E-state index is 13.1. The van der Waals surface area contributed by atoms with Crippen LogP contribution in [0.1, 0.15) is 12.0 Å². The average molecular weight is 387 g/mol.